The summed E-state index contributed by atoms with van der Waals surface area (Å²) in [6.07, 6.45) is 9.08. The molecule has 1 amide bonds. The van der Waals surface area contributed by atoms with E-state index in [0.29, 0.717) is 56.4 Å². The van der Waals surface area contributed by atoms with Gasteiger partial charge in [-0.05, 0) is 48.7 Å². The van der Waals surface area contributed by atoms with Crippen LogP contribution in [-0.2, 0) is 16.1 Å². The topological polar surface area (TPSA) is 103 Å². The highest BCUT2D eigenvalue weighted by Gasteiger charge is 2.45. The minimum absolute atomic E-state index is 0.0518. The molecule has 0 bridgehead atoms. The van der Waals surface area contributed by atoms with Crippen molar-refractivity contribution in [3.8, 4) is 17.2 Å². The van der Waals surface area contributed by atoms with Crippen LogP contribution in [-0.4, -0.2) is 57.6 Å². The molecule has 0 saturated carbocycles. The first-order valence-corrected chi connectivity index (χ1v) is 13.4. The minimum atomic E-state index is -0.741. The number of nitrogens with zero attached hydrogens (tertiary/aromatic N) is 3. The lowest BCUT2D eigenvalue weighted by Gasteiger charge is -2.26. The Bertz CT molecular complexity index is 1330. The van der Waals surface area contributed by atoms with Crippen molar-refractivity contribution in [1.29, 1.82) is 0 Å². The molecule has 0 aliphatic carbocycles. The summed E-state index contributed by atoms with van der Waals surface area (Å²) in [5.41, 5.74) is 1.16. The number of carbonyl (C=O) groups excluding carboxylic acids is 2. The molecule has 9 nitrogen and oxygen atoms in total. The number of likely N-dealkylation sites (tertiary alicyclic amines) is 1. The molecule has 2 aliphatic heterocycles. The summed E-state index contributed by atoms with van der Waals surface area (Å²) in [6, 6.07) is 11.7. The van der Waals surface area contributed by atoms with Gasteiger partial charge in [0.05, 0.1) is 24.5 Å². The maximum atomic E-state index is 13.4. The van der Waals surface area contributed by atoms with Crippen LogP contribution in [0.2, 0.25) is 0 Å². The number of benzene rings is 2. The molecule has 0 unspecified atom stereocenters. The molecule has 0 spiro atoms. The van der Waals surface area contributed by atoms with E-state index < -0.39 is 17.7 Å². The van der Waals surface area contributed by atoms with Crippen molar-refractivity contribution in [2.24, 2.45) is 0 Å². The van der Waals surface area contributed by atoms with Gasteiger partial charge in [-0.3, -0.25) is 9.59 Å². The van der Waals surface area contributed by atoms with Gasteiger partial charge in [0.1, 0.15) is 24.7 Å². The number of hydrogen-bond acceptors (Lipinski definition) is 7. The van der Waals surface area contributed by atoms with Gasteiger partial charge in [-0.25, -0.2) is 4.98 Å². The molecule has 5 rings (SSSR count). The Morgan fingerprint density at radius 2 is 1.82 bits per heavy atom. The summed E-state index contributed by atoms with van der Waals surface area (Å²) in [5.74, 6) is 0.190. The number of fused-ring (bicyclic) bond motifs is 1. The van der Waals surface area contributed by atoms with Crippen molar-refractivity contribution in [3.63, 3.8) is 0 Å². The van der Waals surface area contributed by atoms with Crippen LogP contribution in [0.3, 0.4) is 0 Å². The number of aliphatic hydroxyl groups is 1. The lowest BCUT2D eigenvalue weighted by Crippen LogP contribution is -2.31. The highest BCUT2D eigenvalue weighted by atomic mass is 16.6. The molecule has 2 aliphatic rings. The summed E-state index contributed by atoms with van der Waals surface area (Å²) in [4.78, 5) is 32.2. The lowest BCUT2D eigenvalue weighted by molar-refractivity contribution is -0.139. The van der Waals surface area contributed by atoms with Crippen molar-refractivity contribution in [2.75, 3.05) is 26.4 Å². The van der Waals surface area contributed by atoms with E-state index in [-0.39, 0.29) is 11.3 Å². The standard InChI is InChI=1S/C30H33N3O6/c1-2-3-4-16-37-23-9-6-21(7-10-23)27-26(28(34)22-8-11-24-25(19-22)39-18-17-38-24)29(35)30(36)33(27)14-5-13-32-15-12-31-20-32/h6-12,15,19-20,27,34H,2-5,13-14,16-18H2,1H3/t27-/m1/s1. The predicted molar refractivity (Wildman–Crippen MR) is 145 cm³/mol. The second-order valence-corrected chi connectivity index (χ2v) is 9.63. The van der Waals surface area contributed by atoms with E-state index in [2.05, 4.69) is 11.9 Å². The Morgan fingerprint density at radius 1 is 1.03 bits per heavy atom. The van der Waals surface area contributed by atoms with Crippen molar-refractivity contribution in [3.05, 3.63) is 77.9 Å². The fourth-order valence-corrected chi connectivity index (χ4v) is 4.93. The molecular formula is C30H33N3O6. The van der Waals surface area contributed by atoms with E-state index in [1.807, 2.05) is 35.0 Å². The van der Waals surface area contributed by atoms with Gasteiger partial charge in [-0.1, -0.05) is 31.9 Å². The number of hydrogen-bond donors (Lipinski definition) is 1. The smallest absolute Gasteiger partial charge is 0.295 e. The fraction of sp³-hybridized carbons (Fsp3) is 0.367. The zero-order valence-electron chi connectivity index (χ0n) is 22.0. The molecule has 39 heavy (non-hydrogen) atoms. The molecule has 0 radical (unpaired) electrons. The SMILES string of the molecule is CCCCCOc1ccc([C@@H]2C(=C(O)c3ccc4c(c3)OCCO4)C(=O)C(=O)N2CCCn2ccnc2)cc1. The number of ether oxygens (including phenoxy) is 3. The van der Waals surface area contributed by atoms with Crippen LogP contribution in [0.5, 0.6) is 17.2 Å². The van der Waals surface area contributed by atoms with Crippen LogP contribution in [0.4, 0.5) is 0 Å². The van der Waals surface area contributed by atoms with E-state index >= 15 is 0 Å². The normalized spacial score (nSPS) is 18.0. The first kappa shape index (κ1) is 26.3. The third kappa shape index (κ3) is 5.77. The van der Waals surface area contributed by atoms with Gasteiger partial charge in [0.25, 0.3) is 11.7 Å². The van der Waals surface area contributed by atoms with Crippen LogP contribution >= 0.6 is 0 Å². The minimum Gasteiger partial charge on any atom is -0.507 e. The van der Waals surface area contributed by atoms with Gasteiger partial charge in [0.15, 0.2) is 11.5 Å². The van der Waals surface area contributed by atoms with Crippen LogP contribution in [0, 0.1) is 0 Å². The second-order valence-electron chi connectivity index (χ2n) is 9.63. The predicted octanol–water partition coefficient (Wildman–Crippen LogP) is 4.74. The Hall–Kier alpha value is -4.27. The fourth-order valence-electron chi connectivity index (χ4n) is 4.93. The maximum absolute atomic E-state index is 13.4. The molecule has 1 aromatic heterocycles. The average molecular weight is 532 g/mol. The lowest BCUT2D eigenvalue weighted by atomic mass is 9.95. The largest absolute Gasteiger partial charge is 0.507 e. The molecule has 1 saturated heterocycles. The molecular weight excluding hydrogens is 498 g/mol. The van der Waals surface area contributed by atoms with Gasteiger partial charge in [-0.15, -0.1) is 0 Å². The van der Waals surface area contributed by atoms with Crippen LogP contribution < -0.4 is 14.2 Å². The van der Waals surface area contributed by atoms with Gasteiger partial charge in [-0.2, -0.15) is 0 Å². The maximum Gasteiger partial charge on any atom is 0.295 e. The number of Topliss-reactive ketones (excluding diaryl/α,β-unsaturated/α-hetero) is 1. The number of ketones is 1. The van der Waals surface area contributed by atoms with Crippen LogP contribution in [0.25, 0.3) is 5.76 Å². The summed E-state index contributed by atoms with van der Waals surface area (Å²) < 4.78 is 19.0. The van der Waals surface area contributed by atoms with E-state index in [0.717, 1.165) is 30.6 Å². The molecule has 1 fully saturated rings. The van der Waals surface area contributed by atoms with Gasteiger partial charge in [0.2, 0.25) is 0 Å². The van der Waals surface area contributed by atoms with Crippen molar-refractivity contribution in [1.82, 2.24) is 14.5 Å². The number of aromatic nitrogens is 2. The third-order valence-electron chi connectivity index (χ3n) is 6.94. The summed E-state index contributed by atoms with van der Waals surface area (Å²) in [6.45, 7) is 4.59. The molecule has 2 aromatic carbocycles. The van der Waals surface area contributed by atoms with E-state index in [9.17, 15) is 14.7 Å². The third-order valence-corrected chi connectivity index (χ3v) is 6.94. The summed E-state index contributed by atoms with van der Waals surface area (Å²) in [7, 11) is 0. The Labute approximate surface area is 227 Å². The number of aryl methyl sites for hydroxylation is 1. The monoisotopic (exact) mass is 531 g/mol. The summed E-state index contributed by atoms with van der Waals surface area (Å²) >= 11 is 0. The Balaban J connectivity index is 1.46. The number of rotatable bonds is 11. The zero-order chi connectivity index (χ0) is 27.2. The number of carbonyl (C=O) groups is 2. The van der Waals surface area contributed by atoms with E-state index in [1.54, 1.807) is 35.6 Å². The first-order valence-electron chi connectivity index (χ1n) is 13.4. The van der Waals surface area contributed by atoms with E-state index in [4.69, 9.17) is 14.2 Å². The number of amides is 1. The molecule has 9 heteroatoms. The molecule has 204 valence electrons. The van der Waals surface area contributed by atoms with Gasteiger partial charge < -0.3 is 28.8 Å². The first-order chi connectivity index (χ1) is 19.1. The molecule has 3 aromatic rings. The number of unbranched alkanes of at least 4 members (excludes halogenated alkanes) is 2. The van der Waals surface area contributed by atoms with Gasteiger partial charge in [0, 0.05) is 31.0 Å². The van der Waals surface area contributed by atoms with Crippen LogP contribution in [0.15, 0.2) is 66.8 Å². The molecule has 1 atom stereocenters. The van der Waals surface area contributed by atoms with Gasteiger partial charge >= 0.3 is 0 Å². The quantitative estimate of drug-likeness (QED) is 0.165. The molecule has 3 heterocycles. The number of aliphatic hydroxyl groups excluding tert-OH is 1. The van der Waals surface area contributed by atoms with Crippen molar-refractivity contribution >= 4 is 17.4 Å². The van der Waals surface area contributed by atoms with E-state index in [1.165, 1.54) is 0 Å². The summed E-state index contributed by atoms with van der Waals surface area (Å²) in [5, 5.41) is 11.4. The van der Waals surface area contributed by atoms with Crippen molar-refractivity contribution < 1.29 is 28.9 Å². The number of imidazole rings is 1. The second kappa shape index (κ2) is 12.1. The highest BCUT2D eigenvalue weighted by molar-refractivity contribution is 6.46. The van der Waals surface area contributed by atoms with Crippen LogP contribution in [0.1, 0.15) is 49.8 Å². The average Bonchev–Trinajstić information content (AvgIpc) is 3.57. The Kier molecular flexibility index (Phi) is 8.15. The van der Waals surface area contributed by atoms with Crippen molar-refractivity contribution in [2.45, 2.75) is 45.2 Å². The Morgan fingerprint density at radius 3 is 2.56 bits per heavy atom. The molecule has 1 N–H and O–H groups in total. The highest BCUT2D eigenvalue weighted by Crippen LogP contribution is 2.41. The zero-order valence-corrected chi connectivity index (χ0v) is 22.0.